The van der Waals surface area contributed by atoms with Gasteiger partial charge in [0, 0.05) is 35.1 Å². The summed E-state index contributed by atoms with van der Waals surface area (Å²) >= 11 is 3.43. The van der Waals surface area contributed by atoms with Crippen LogP contribution in [0.5, 0.6) is 0 Å². The third-order valence-corrected chi connectivity index (χ3v) is 5.21. The topological polar surface area (TPSA) is 79.2 Å². The Balaban J connectivity index is 0.00000208. The van der Waals surface area contributed by atoms with E-state index in [1.54, 1.807) is 0 Å². The van der Waals surface area contributed by atoms with Crippen LogP contribution < -0.4 is 11.3 Å². The number of amides is 1. The van der Waals surface area contributed by atoms with Crippen LogP contribution in [0, 0.1) is 5.92 Å². The summed E-state index contributed by atoms with van der Waals surface area (Å²) in [5.41, 5.74) is 6.84. The minimum absolute atomic E-state index is 0. The van der Waals surface area contributed by atoms with Gasteiger partial charge in [-0.15, -0.1) is 12.4 Å². The molecule has 1 saturated heterocycles. The molecule has 5 nitrogen and oxygen atoms in total. The molecular formula is C17H21BrClN3O2. The molecule has 1 amide bonds. The zero-order chi connectivity index (χ0) is 16.6. The average molecular weight is 415 g/mol. The van der Waals surface area contributed by atoms with Crippen molar-refractivity contribution in [1.82, 2.24) is 9.88 Å². The molecule has 0 aliphatic carbocycles. The highest BCUT2D eigenvalue weighted by Gasteiger charge is 2.27. The van der Waals surface area contributed by atoms with Crippen LogP contribution in [-0.2, 0) is 0 Å². The molecule has 1 aliphatic rings. The Kier molecular flexibility index (Phi) is 6.06. The second kappa shape index (κ2) is 7.68. The SMILES string of the molecule is CC(N)C1CCCN(C(=O)c2cc(=O)[nH]c3c(Br)cccc23)C1.Cl. The number of pyridine rings is 1. The van der Waals surface area contributed by atoms with Crippen molar-refractivity contribution in [3.8, 4) is 0 Å². The van der Waals surface area contributed by atoms with Crippen LogP contribution in [0.25, 0.3) is 10.9 Å². The van der Waals surface area contributed by atoms with E-state index in [1.165, 1.54) is 6.07 Å². The highest BCUT2D eigenvalue weighted by Crippen LogP contribution is 2.26. The molecule has 2 unspecified atom stereocenters. The number of aromatic amines is 1. The number of benzene rings is 1. The number of nitrogens with two attached hydrogens (primary N) is 1. The van der Waals surface area contributed by atoms with Crippen molar-refractivity contribution in [2.24, 2.45) is 11.7 Å². The van der Waals surface area contributed by atoms with E-state index >= 15 is 0 Å². The number of likely N-dealkylation sites (tertiary alicyclic amines) is 1. The predicted molar refractivity (Wildman–Crippen MR) is 102 cm³/mol. The number of aromatic nitrogens is 1. The van der Waals surface area contributed by atoms with E-state index in [1.807, 2.05) is 30.0 Å². The summed E-state index contributed by atoms with van der Waals surface area (Å²) in [6, 6.07) is 7.03. The van der Waals surface area contributed by atoms with Gasteiger partial charge < -0.3 is 15.6 Å². The van der Waals surface area contributed by atoms with E-state index in [9.17, 15) is 9.59 Å². The standard InChI is InChI=1S/C17H20BrN3O2.ClH/c1-10(19)11-4-3-7-21(9-11)17(23)13-8-15(22)20-16-12(13)5-2-6-14(16)18;/h2,5-6,8,10-11H,3-4,7,9,19H2,1H3,(H,20,22);1H. The molecule has 1 aromatic heterocycles. The number of rotatable bonds is 2. The molecule has 2 atom stereocenters. The molecule has 24 heavy (non-hydrogen) atoms. The highest BCUT2D eigenvalue weighted by molar-refractivity contribution is 9.10. The fourth-order valence-corrected chi connectivity index (χ4v) is 3.68. The molecule has 3 N–H and O–H groups in total. The first-order chi connectivity index (χ1) is 11.0. The summed E-state index contributed by atoms with van der Waals surface area (Å²) in [5.74, 6) is 0.220. The molecule has 0 bridgehead atoms. The summed E-state index contributed by atoms with van der Waals surface area (Å²) in [5, 5.41) is 0.756. The number of hydrogen-bond acceptors (Lipinski definition) is 3. The van der Waals surface area contributed by atoms with Crippen LogP contribution in [0.1, 0.15) is 30.1 Å². The molecule has 1 aliphatic heterocycles. The van der Waals surface area contributed by atoms with Gasteiger partial charge >= 0.3 is 0 Å². The Morgan fingerprint density at radius 1 is 1.46 bits per heavy atom. The molecule has 2 aromatic rings. The van der Waals surface area contributed by atoms with Gasteiger partial charge in [-0.25, -0.2) is 0 Å². The zero-order valence-corrected chi connectivity index (χ0v) is 15.8. The maximum absolute atomic E-state index is 13.0. The molecule has 130 valence electrons. The number of H-pyrrole nitrogens is 1. The molecule has 0 radical (unpaired) electrons. The molecular weight excluding hydrogens is 394 g/mol. The van der Waals surface area contributed by atoms with Gasteiger partial charge in [-0.2, -0.15) is 0 Å². The summed E-state index contributed by atoms with van der Waals surface area (Å²) < 4.78 is 0.772. The summed E-state index contributed by atoms with van der Waals surface area (Å²) in [6.45, 7) is 3.35. The largest absolute Gasteiger partial charge is 0.338 e. The molecule has 1 aromatic carbocycles. The fraction of sp³-hybridized carbons (Fsp3) is 0.412. The second-order valence-electron chi connectivity index (χ2n) is 6.22. The summed E-state index contributed by atoms with van der Waals surface area (Å²) in [4.78, 5) is 29.5. The van der Waals surface area contributed by atoms with Crippen LogP contribution in [0.15, 0.2) is 33.5 Å². The Labute approximate surface area is 155 Å². The number of para-hydroxylation sites is 1. The quantitative estimate of drug-likeness (QED) is 0.793. The van der Waals surface area contributed by atoms with Crippen LogP contribution in [-0.4, -0.2) is 34.9 Å². The van der Waals surface area contributed by atoms with E-state index in [0.29, 0.717) is 30.1 Å². The maximum Gasteiger partial charge on any atom is 0.254 e. The minimum Gasteiger partial charge on any atom is -0.338 e. The van der Waals surface area contributed by atoms with Crippen LogP contribution in [0.4, 0.5) is 0 Å². The van der Waals surface area contributed by atoms with Crippen molar-refractivity contribution < 1.29 is 4.79 Å². The second-order valence-corrected chi connectivity index (χ2v) is 7.08. The Morgan fingerprint density at radius 3 is 2.92 bits per heavy atom. The Bertz CT molecular complexity index is 806. The number of carbonyl (C=O) groups excluding carboxylic acids is 1. The van der Waals surface area contributed by atoms with Crippen molar-refractivity contribution >= 4 is 45.1 Å². The number of nitrogens with zero attached hydrogens (tertiary/aromatic N) is 1. The van der Waals surface area contributed by atoms with Crippen molar-refractivity contribution in [2.75, 3.05) is 13.1 Å². The van der Waals surface area contributed by atoms with Crippen molar-refractivity contribution in [1.29, 1.82) is 0 Å². The summed E-state index contributed by atoms with van der Waals surface area (Å²) in [7, 11) is 0. The third-order valence-electron chi connectivity index (χ3n) is 4.55. The molecule has 3 rings (SSSR count). The monoisotopic (exact) mass is 413 g/mol. The fourth-order valence-electron chi connectivity index (χ4n) is 3.21. The van der Waals surface area contributed by atoms with Crippen molar-refractivity contribution in [2.45, 2.75) is 25.8 Å². The van der Waals surface area contributed by atoms with Gasteiger partial charge in [-0.05, 0) is 47.7 Å². The van der Waals surface area contributed by atoms with Gasteiger partial charge in [-0.1, -0.05) is 12.1 Å². The zero-order valence-electron chi connectivity index (χ0n) is 13.4. The number of carbonyl (C=O) groups is 1. The van der Waals surface area contributed by atoms with Gasteiger partial charge in [0.1, 0.15) is 0 Å². The Morgan fingerprint density at radius 2 is 2.21 bits per heavy atom. The normalized spacial score (nSPS) is 19.0. The first-order valence-corrected chi connectivity index (χ1v) is 8.63. The van der Waals surface area contributed by atoms with Crippen LogP contribution >= 0.6 is 28.3 Å². The smallest absolute Gasteiger partial charge is 0.254 e. The molecule has 7 heteroatoms. The number of piperidine rings is 1. The lowest BCUT2D eigenvalue weighted by atomic mass is 9.91. The van der Waals surface area contributed by atoms with E-state index in [2.05, 4.69) is 20.9 Å². The van der Waals surface area contributed by atoms with E-state index in [0.717, 1.165) is 22.7 Å². The third kappa shape index (κ3) is 3.66. The molecule has 0 spiro atoms. The van der Waals surface area contributed by atoms with E-state index < -0.39 is 0 Å². The highest BCUT2D eigenvalue weighted by atomic mass is 79.9. The molecule has 2 heterocycles. The Hall–Kier alpha value is -1.37. The van der Waals surface area contributed by atoms with Crippen molar-refractivity contribution in [3.05, 3.63) is 44.7 Å². The molecule has 0 saturated carbocycles. The first-order valence-electron chi connectivity index (χ1n) is 7.84. The lowest BCUT2D eigenvalue weighted by Gasteiger charge is -2.34. The van der Waals surface area contributed by atoms with Crippen LogP contribution in [0.3, 0.4) is 0 Å². The predicted octanol–water partition coefficient (Wildman–Crippen LogP) is 2.91. The lowest BCUT2D eigenvalue weighted by molar-refractivity contribution is 0.0663. The number of fused-ring (bicyclic) bond motifs is 1. The average Bonchev–Trinajstić information content (AvgIpc) is 2.54. The van der Waals surface area contributed by atoms with E-state index in [-0.39, 0.29) is 29.9 Å². The lowest BCUT2D eigenvalue weighted by Crippen LogP contribution is -2.45. The van der Waals surface area contributed by atoms with Crippen molar-refractivity contribution in [3.63, 3.8) is 0 Å². The minimum atomic E-state index is -0.270. The van der Waals surface area contributed by atoms with Crippen LogP contribution in [0.2, 0.25) is 0 Å². The van der Waals surface area contributed by atoms with Gasteiger partial charge in [0.05, 0.1) is 11.1 Å². The summed E-state index contributed by atoms with van der Waals surface area (Å²) in [6.07, 6.45) is 1.99. The number of hydrogen-bond donors (Lipinski definition) is 2. The van der Waals surface area contributed by atoms with Gasteiger partial charge in [0.2, 0.25) is 5.56 Å². The first kappa shape index (κ1) is 19.0. The maximum atomic E-state index is 13.0. The number of halogens is 2. The number of nitrogens with one attached hydrogen (secondary N) is 1. The molecule has 1 fully saturated rings. The van der Waals surface area contributed by atoms with E-state index in [4.69, 9.17) is 5.73 Å². The van der Waals surface area contributed by atoms with Gasteiger partial charge in [-0.3, -0.25) is 9.59 Å². The van der Waals surface area contributed by atoms with Gasteiger partial charge in [0.25, 0.3) is 5.91 Å². The van der Waals surface area contributed by atoms with Gasteiger partial charge in [0.15, 0.2) is 0 Å².